The van der Waals surface area contributed by atoms with Crippen molar-refractivity contribution in [1.29, 1.82) is 5.41 Å². The molecular formula is C20H23FN4O. The zero-order valence-electron chi connectivity index (χ0n) is 14.7. The molecule has 0 bridgehead atoms. The fourth-order valence-electron chi connectivity index (χ4n) is 3.37. The van der Waals surface area contributed by atoms with E-state index in [1.54, 1.807) is 0 Å². The molecule has 5 N–H and O–H groups in total. The van der Waals surface area contributed by atoms with E-state index in [1.807, 2.05) is 12.1 Å². The van der Waals surface area contributed by atoms with Gasteiger partial charge in [0.1, 0.15) is 5.83 Å². The molecule has 1 unspecified atom stereocenters. The van der Waals surface area contributed by atoms with E-state index >= 15 is 0 Å². The summed E-state index contributed by atoms with van der Waals surface area (Å²) in [6, 6.07) is 8.01. The second kappa shape index (κ2) is 7.25. The molecule has 0 radical (unpaired) electrons. The van der Waals surface area contributed by atoms with Crippen LogP contribution in [-0.2, 0) is 10.2 Å². The lowest BCUT2D eigenvalue weighted by atomic mass is 9.76. The molecule has 1 fully saturated rings. The van der Waals surface area contributed by atoms with Gasteiger partial charge >= 0.3 is 0 Å². The molecule has 1 aliphatic heterocycles. The molecule has 1 aliphatic carbocycles. The number of benzene rings is 1. The van der Waals surface area contributed by atoms with Gasteiger partial charge in [0.25, 0.3) is 5.91 Å². The van der Waals surface area contributed by atoms with Gasteiger partial charge in [0, 0.05) is 23.8 Å². The normalized spacial score (nSPS) is 24.8. The lowest BCUT2D eigenvalue weighted by molar-refractivity contribution is -0.114. The van der Waals surface area contributed by atoms with Crippen molar-refractivity contribution in [1.82, 2.24) is 5.32 Å². The Morgan fingerprint density at radius 3 is 2.69 bits per heavy atom. The second-order valence-electron chi connectivity index (χ2n) is 6.95. The highest BCUT2D eigenvalue weighted by molar-refractivity contribution is 6.28. The van der Waals surface area contributed by atoms with Crippen LogP contribution in [0.4, 0.5) is 10.1 Å². The predicted octanol–water partition coefficient (Wildman–Crippen LogP) is 2.92. The van der Waals surface area contributed by atoms with Crippen molar-refractivity contribution in [3.63, 3.8) is 0 Å². The van der Waals surface area contributed by atoms with Crippen LogP contribution in [0, 0.1) is 5.41 Å². The lowest BCUT2D eigenvalue weighted by Gasteiger charge is -2.34. The minimum Gasteiger partial charge on any atom is -0.366 e. The Hall–Kier alpha value is -2.73. The molecule has 0 spiro atoms. The third-order valence-electron chi connectivity index (χ3n) is 5.02. The Bertz CT molecular complexity index is 815. The molecule has 1 amide bonds. The monoisotopic (exact) mass is 354 g/mol. The molecule has 0 saturated carbocycles. The Labute approximate surface area is 152 Å². The van der Waals surface area contributed by atoms with Gasteiger partial charge in [0.05, 0.1) is 16.9 Å². The van der Waals surface area contributed by atoms with E-state index in [9.17, 15) is 9.18 Å². The minimum atomic E-state index is -0.747. The first-order valence-corrected chi connectivity index (χ1v) is 8.66. The van der Waals surface area contributed by atoms with Gasteiger partial charge in [0.15, 0.2) is 0 Å². The summed E-state index contributed by atoms with van der Waals surface area (Å²) < 4.78 is 14.0. The summed E-state index contributed by atoms with van der Waals surface area (Å²) in [5, 5.41) is 14.4. The Balaban J connectivity index is 1.74. The maximum atomic E-state index is 14.0. The van der Waals surface area contributed by atoms with Crippen LogP contribution >= 0.6 is 0 Å². The molecule has 1 heterocycles. The van der Waals surface area contributed by atoms with Crippen LogP contribution < -0.4 is 16.4 Å². The molecule has 6 heteroatoms. The fraction of sp³-hybridized carbons (Fsp3) is 0.300. The molecule has 2 aliphatic rings. The lowest BCUT2D eigenvalue weighted by Crippen LogP contribution is -2.41. The fourth-order valence-corrected chi connectivity index (χ4v) is 3.37. The van der Waals surface area contributed by atoms with E-state index in [0.717, 1.165) is 37.7 Å². The predicted molar refractivity (Wildman–Crippen MR) is 102 cm³/mol. The Morgan fingerprint density at radius 2 is 2.08 bits per heavy atom. The van der Waals surface area contributed by atoms with E-state index < -0.39 is 11.7 Å². The van der Waals surface area contributed by atoms with Gasteiger partial charge in [-0.15, -0.1) is 0 Å². The average molecular weight is 354 g/mol. The number of piperidine rings is 1. The highest BCUT2D eigenvalue weighted by Crippen LogP contribution is 2.31. The summed E-state index contributed by atoms with van der Waals surface area (Å²) >= 11 is 0. The number of carbonyl (C=O) groups is 1. The van der Waals surface area contributed by atoms with Crippen molar-refractivity contribution < 1.29 is 9.18 Å². The summed E-state index contributed by atoms with van der Waals surface area (Å²) in [4.78, 5) is 11.3. The molecule has 1 atom stereocenters. The van der Waals surface area contributed by atoms with E-state index in [0.29, 0.717) is 0 Å². The summed E-state index contributed by atoms with van der Waals surface area (Å²) in [5.74, 6) is -1.33. The van der Waals surface area contributed by atoms with Crippen LogP contribution in [-0.4, -0.2) is 24.7 Å². The van der Waals surface area contributed by atoms with Crippen LogP contribution in [0.1, 0.15) is 25.3 Å². The van der Waals surface area contributed by atoms with Gasteiger partial charge in [-0.25, -0.2) is 4.39 Å². The zero-order valence-corrected chi connectivity index (χ0v) is 14.7. The van der Waals surface area contributed by atoms with E-state index in [-0.39, 0.29) is 22.3 Å². The quantitative estimate of drug-likeness (QED) is 0.670. The number of rotatable bonds is 4. The third-order valence-corrected chi connectivity index (χ3v) is 5.02. The van der Waals surface area contributed by atoms with Crippen LogP contribution in [0.25, 0.3) is 0 Å². The van der Waals surface area contributed by atoms with Crippen molar-refractivity contribution in [3.05, 3.63) is 65.2 Å². The number of anilines is 1. The molecular weight excluding hydrogens is 331 g/mol. The van der Waals surface area contributed by atoms with E-state index in [1.165, 1.54) is 17.8 Å². The second-order valence-corrected chi connectivity index (χ2v) is 6.95. The molecule has 26 heavy (non-hydrogen) atoms. The zero-order chi connectivity index (χ0) is 18.7. The molecule has 3 rings (SSSR count). The van der Waals surface area contributed by atoms with Crippen LogP contribution in [0.15, 0.2) is 59.6 Å². The van der Waals surface area contributed by atoms with Gasteiger partial charge in [-0.2, -0.15) is 0 Å². The number of hydrogen-bond acceptors (Lipinski definition) is 4. The number of primary amides is 1. The third kappa shape index (κ3) is 3.60. The van der Waals surface area contributed by atoms with Crippen molar-refractivity contribution in [2.75, 3.05) is 18.4 Å². The minimum absolute atomic E-state index is 0.00692. The Morgan fingerprint density at radius 1 is 1.35 bits per heavy atom. The van der Waals surface area contributed by atoms with Crippen molar-refractivity contribution in [2.45, 2.75) is 25.2 Å². The van der Waals surface area contributed by atoms with E-state index in [4.69, 9.17) is 11.1 Å². The number of nitrogens with one attached hydrogen (secondary N) is 3. The summed E-state index contributed by atoms with van der Waals surface area (Å²) in [6.45, 7) is 4.28. The van der Waals surface area contributed by atoms with Gasteiger partial charge < -0.3 is 16.4 Å². The molecule has 5 nitrogen and oxygen atoms in total. The summed E-state index contributed by atoms with van der Waals surface area (Å²) in [7, 11) is 0. The van der Waals surface area contributed by atoms with Crippen molar-refractivity contribution in [2.24, 2.45) is 5.73 Å². The van der Waals surface area contributed by atoms with Crippen LogP contribution in [0.2, 0.25) is 0 Å². The Kier molecular flexibility index (Phi) is 5.04. The largest absolute Gasteiger partial charge is 0.366 e. The molecule has 1 aromatic rings. The van der Waals surface area contributed by atoms with Crippen molar-refractivity contribution in [3.8, 4) is 0 Å². The molecule has 136 valence electrons. The first kappa shape index (κ1) is 18.1. The summed E-state index contributed by atoms with van der Waals surface area (Å²) in [5.41, 5.74) is 7.17. The smallest absolute Gasteiger partial charge is 0.250 e. The first-order valence-electron chi connectivity index (χ1n) is 8.66. The first-order chi connectivity index (χ1) is 12.4. The SMILES string of the molecule is CC1(c2ccc(N/C=C3\C(=N)C(C(N)=O)=CC=C3F)cc2)CCCNC1. The highest BCUT2D eigenvalue weighted by Gasteiger charge is 2.28. The number of nitrogens with two attached hydrogens (primary N) is 1. The van der Waals surface area contributed by atoms with Gasteiger partial charge in [-0.1, -0.05) is 19.1 Å². The number of halogens is 1. The van der Waals surface area contributed by atoms with Gasteiger partial charge in [-0.3, -0.25) is 10.2 Å². The standard InChI is InChI=1S/C20H23FN4O/c1-20(9-2-10-24-12-20)13-3-5-14(6-4-13)25-11-16-17(21)8-7-15(18(16)22)19(23)26/h3-8,11,22,24-25H,2,9-10,12H2,1H3,(H2,23,26)/b16-11-,22-18?. The van der Waals surface area contributed by atoms with Crippen LogP contribution in [0.5, 0.6) is 0 Å². The average Bonchev–Trinajstić information content (AvgIpc) is 2.62. The van der Waals surface area contributed by atoms with Crippen molar-refractivity contribution >= 4 is 17.3 Å². The van der Waals surface area contributed by atoms with Gasteiger partial charge in [-0.05, 0) is 49.2 Å². The maximum Gasteiger partial charge on any atom is 0.250 e. The van der Waals surface area contributed by atoms with E-state index in [2.05, 4.69) is 29.7 Å². The van der Waals surface area contributed by atoms with Gasteiger partial charge in [0.2, 0.25) is 0 Å². The molecule has 1 aromatic carbocycles. The number of hydrogen-bond donors (Lipinski definition) is 4. The number of carbonyl (C=O) groups excluding carboxylic acids is 1. The highest BCUT2D eigenvalue weighted by atomic mass is 19.1. The molecule has 0 aromatic heterocycles. The molecule has 1 saturated heterocycles. The maximum absolute atomic E-state index is 14.0. The van der Waals surface area contributed by atoms with Crippen LogP contribution in [0.3, 0.4) is 0 Å². The number of allylic oxidation sites excluding steroid dienone is 4. The number of amides is 1. The topological polar surface area (TPSA) is 91.0 Å². The summed E-state index contributed by atoms with van der Waals surface area (Å²) in [6.07, 6.45) is 6.07.